The van der Waals surface area contributed by atoms with Crippen molar-refractivity contribution in [3.05, 3.63) is 77.5 Å². The molecule has 0 saturated heterocycles. The van der Waals surface area contributed by atoms with E-state index in [2.05, 4.69) is 4.98 Å². The molecule has 0 fully saturated rings. The van der Waals surface area contributed by atoms with E-state index >= 15 is 0 Å². The Kier molecular flexibility index (Phi) is 1.78. The Balaban J connectivity index is 1.87. The van der Waals surface area contributed by atoms with Crippen molar-refractivity contribution in [2.75, 3.05) is 0 Å². The van der Waals surface area contributed by atoms with E-state index in [9.17, 15) is 0 Å². The van der Waals surface area contributed by atoms with Crippen molar-refractivity contribution in [2.45, 2.75) is 20.6 Å². The lowest BCUT2D eigenvalue weighted by atomic mass is 9.99. The summed E-state index contributed by atoms with van der Waals surface area (Å²) in [6.07, 6.45) is 1.05. The number of aromatic nitrogens is 1. The lowest BCUT2D eigenvalue weighted by Crippen LogP contribution is -1.89. The monoisotopic (exact) mass is 346 g/mol. The normalized spacial score (nSPS) is 18.2. The van der Waals surface area contributed by atoms with E-state index in [0.717, 1.165) is 17.0 Å². The summed E-state index contributed by atoms with van der Waals surface area (Å²) in [4.78, 5) is 4.25. The summed E-state index contributed by atoms with van der Waals surface area (Å²) in [5.41, 5.74) is 0.678. The van der Waals surface area contributed by atoms with Gasteiger partial charge in [0, 0.05) is 34.9 Å². The fourth-order valence-corrected chi connectivity index (χ4v) is 3.37. The van der Waals surface area contributed by atoms with E-state index in [-0.39, 0.29) is 28.0 Å². The molecule has 3 aromatic carbocycles. The van der Waals surface area contributed by atoms with Gasteiger partial charge in [0.05, 0.1) is 5.69 Å². The summed E-state index contributed by atoms with van der Waals surface area (Å²) >= 11 is 0. The zero-order chi connectivity index (χ0) is 25.3. The molecule has 26 heavy (non-hydrogen) atoms. The summed E-state index contributed by atoms with van der Waals surface area (Å²) in [5, 5.41) is 2.83. The van der Waals surface area contributed by atoms with E-state index in [4.69, 9.17) is 16.8 Å². The summed E-state index contributed by atoms with van der Waals surface area (Å²) < 4.78 is 77.0. The van der Waals surface area contributed by atoms with Crippen molar-refractivity contribution < 1.29 is 16.8 Å². The van der Waals surface area contributed by atoms with E-state index < -0.39 is 20.6 Å². The molecule has 2 heterocycles. The average Bonchev–Trinajstić information content (AvgIpc) is 3.12. The van der Waals surface area contributed by atoms with Crippen LogP contribution in [0.2, 0.25) is 0 Å². The number of hydrogen-bond donors (Lipinski definition) is 0. The van der Waals surface area contributed by atoms with Crippen LogP contribution in [-0.2, 0) is 0 Å². The van der Waals surface area contributed by atoms with Crippen molar-refractivity contribution in [3.8, 4) is 11.3 Å². The molecule has 0 atom stereocenters. The third-order valence-electron chi connectivity index (χ3n) is 4.67. The molecule has 0 aliphatic heterocycles. The molecular weight excluding hydrogens is 318 g/mol. The van der Waals surface area contributed by atoms with Gasteiger partial charge in [-0.3, -0.25) is 4.98 Å². The molecule has 126 valence electrons. The van der Waals surface area contributed by atoms with Crippen molar-refractivity contribution in [1.82, 2.24) is 4.98 Å². The number of benzene rings is 3. The Morgan fingerprint density at radius 2 is 1.65 bits per heavy atom. The first-order valence-electron chi connectivity index (χ1n) is 12.6. The standard InChI is InChI=1S/C24H19NO/c1-14-8-9-19(21-10-15(2)16(3)13-25-21)24-23(14)20-11-17-6-4-5-7-18(17)12-22(20)26-24/h4-13H,1-3H3/i1D3,2D3,3D3. The van der Waals surface area contributed by atoms with Crippen LogP contribution in [0.1, 0.15) is 29.0 Å². The van der Waals surface area contributed by atoms with Gasteiger partial charge in [-0.15, -0.1) is 0 Å². The topological polar surface area (TPSA) is 26.0 Å². The lowest BCUT2D eigenvalue weighted by molar-refractivity contribution is 0.670. The largest absolute Gasteiger partial charge is 0.455 e. The van der Waals surface area contributed by atoms with Crippen molar-refractivity contribution >= 4 is 32.7 Å². The van der Waals surface area contributed by atoms with Gasteiger partial charge >= 0.3 is 0 Å². The number of hydrogen-bond acceptors (Lipinski definition) is 2. The smallest absolute Gasteiger partial charge is 0.145 e. The number of fused-ring (bicyclic) bond motifs is 4. The Hall–Kier alpha value is -3.13. The van der Waals surface area contributed by atoms with Gasteiger partial charge in [-0.05, 0) is 72.3 Å². The van der Waals surface area contributed by atoms with Gasteiger partial charge in [-0.1, -0.05) is 30.3 Å². The molecule has 5 aromatic rings. The van der Waals surface area contributed by atoms with Crippen LogP contribution in [0.25, 0.3) is 44.0 Å². The first kappa shape index (κ1) is 8.50. The molecule has 0 radical (unpaired) electrons. The van der Waals surface area contributed by atoms with Crippen LogP contribution >= 0.6 is 0 Å². The summed E-state index contributed by atoms with van der Waals surface area (Å²) in [7, 11) is 0. The average molecular weight is 346 g/mol. The van der Waals surface area contributed by atoms with Crippen molar-refractivity contribution in [2.24, 2.45) is 0 Å². The zero-order valence-electron chi connectivity index (χ0n) is 22.6. The lowest BCUT2D eigenvalue weighted by Gasteiger charge is -2.06. The highest BCUT2D eigenvalue weighted by atomic mass is 16.3. The van der Waals surface area contributed by atoms with Gasteiger partial charge < -0.3 is 4.42 Å². The van der Waals surface area contributed by atoms with Gasteiger partial charge in [0.1, 0.15) is 11.2 Å². The van der Waals surface area contributed by atoms with Crippen molar-refractivity contribution in [1.29, 1.82) is 0 Å². The molecule has 0 bridgehead atoms. The van der Waals surface area contributed by atoms with Gasteiger partial charge in [-0.2, -0.15) is 0 Å². The summed E-state index contributed by atoms with van der Waals surface area (Å²) in [5.74, 6) is 0. The first-order chi connectivity index (χ1) is 16.2. The molecule has 5 rings (SSSR count). The fraction of sp³-hybridized carbons (Fsp3) is 0.125. The Labute approximate surface area is 164 Å². The summed E-state index contributed by atoms with van der Waals surface area (Å²) in [6, 6.07) is 15.5. The van der Waals surface area contributed by atoms with Gasteiger partial charge in [0.15, 0.2) is 0 Å². The van der Waals surface area contributed by atoms with Crippen LogP contribution in [0.3, 0.4) is 0 Å². The second-order valence-electron chi connectivity index (χ2n) is 6.28. The molecular formula is C24H19NO. The van der Waals surface area contributed by atoms with Crippen LogP contribution in [0, 0.1) is 20.6 Å². The quantitative estimate of drug-likeness (QED) is 0.336. The van der Waals surface area contributed by atoms with Crippen LogP contribution in [0.4, 0.5) is 0 Å². The Bertz CT molecular complexity index is 1610. The maximum absolute atomic E-state index is 8.06. The van der Waals surface area contributed by atoms with Gasteiger partial charge in [-0.25, -0.2) is 0 Å². The molecule has 0 aliphatic rings. The minimum Gasteiger partial charge on any atom is -0.455 e. The highest BCUT2D eigenvalue weighted by Gasteiger charge is 2.16. The molecule has 0 N–H and O–H groups in total. The number of pyridine rings is 1. The highest BCUT2D eigenvalue weighted by Crippen LogP contribution is 2.39. The molecule has 0 spiro atoms. The molecule has 2 aromatic heterocycles. The third kappa shape index (κ3) is 2.15. The second kappa shape index (κ2) is 5.43. The van der Waals surface area contributed by atoms with Crippen molar-refractivity contribution in [3.63, 3.8) is 0 Å². The second-order valence-corrected chi connectivity index (χ2v) is 6.28. The van der Waals surface area contributed by atoms with Gasteiger partial charge in [0.25, 0.3) is 0 Å². The number of rotatable bonds is 1. The minimum atomic E-state index is -2.69. The number of aryl methyl sites for hydroxylation is 3. The molecule has 2 nitrogen and oxygen atoms in total. The number of furan rings is 1. The predicted molar refractivity (Wildman–Crippen MR) is 109 cm³/mol. The van der Waals surface area contributed by atoms with Crippen LogP contribution in [-0.4, -0.2) is 4.98 Å². The minimum absolute atomic E-state index is 0.0976. The van der Waals surface area contributed by atoms with Gasteiger partial charge in [0.2, 0.25) is 0 Å². The maximum Gasteiger partial charge on any atom is 0.145 e. The Morgan fingerprint density at radius 1 is 0.846 bits per heavy atom. The van der Waals surface area contributed by atoms with E-state index in [1.54, 1.807) is 0 Å². The molecule has 0 saturated carbocycles. The maximum atomic E-state index is 8.06. The predicted octanol–water partition coefficient (Wildman–Crippen LogP) is 6.73. The Morgan fingerprint density at radius 3 is 2.46 bits per heavy atom. The molecule has 0 unspecified atom stereocenters. The van der Waals surface area contributed by atoms with E-state index in [1.165, 1.54) is 18.2 Å². The fourth-order valence-electron chi connectivity index (χ4n) is 3.37. The highest BCUT2D eigenvalue weighted by molar-refractivity contribution is 6.14. The SMILES string of the molecule is [2H]C([2H])([2H])c1cnc(-c2ccc(C([2H])([2H])[2H])c3c2oc2cc4ccccc4cc23)cc1C([2H])([2H])[2H]. The van der Waals surface area contributed by atoms with E-state index in [1.807, 2.05) is 36.4 Å². The zero-order valence-corrected chi connectivity index (χ0v) is 13.6. The third-order valence-corrected chi connectivity index (χ3v) is 4.67. The first-order valence-corrected chi connectivity index (χ1v) is 8.15. The number of nitrogens with zero attached hydrogens (tertiary/aromatic N) is 1. The van der Waals surface area contributed by atoms with Crippen LogP contribution in [0.5, 0.6) is 0 Å². The molecule has 0 amide bonds. The van der Waals surface area contributed by atoms with Crippen LogP contribution in [0.15, 0.2) is 65.2 Å². The molecule has 0 aliphatic carbocycles. The van der Waals surface area contributed by atoms with E-state index in [0.29, 0.717) is 21.9 Å². The van der Waals surface area contributed by atoms with Crippen LogP contribution < -0.4 is 0 Å². The molecule has 2 heteroatoms. The summed E-state index contributed by atoms with van der Waals surface area (Å²) in [6.45, 7) is -7.78.